The van der Waals surface area contributed by atoms with Crippen LogP contribution in [-0.2, 0) is 25.3 Å². The molecule has 0 atom stereocenters. The second-order valence-electron chi connectivity index (χ2n) is 13.3. The van der Waals surface area contributed by atoms with Gasteiger partial charge in [0.1, 0.15) is 11.4 Å². The molecule has 43 heavy (non-hydrogen) atoms. The number of ether oxygens (including phenoxy) is 2. The average Bonchev–Trinajstić information content (AvgIpc) is 3.39. The number of nitrogens with one attached hydrogen (secondary N) is 1. The third kappa shape index (κ3) is 6.52. The molecule has 2 aromatic rings. The molecule has 2 N–H and O–H groups in total. The number of amides is 2. The molecule has 0 radical (unpaired) electrons. The number of aliphatic hydroxyl groups excluding tert-OH is 1. The van der Waals surface area contributed by atoms with Crippen molar-refractivity contribution in [2.24, 2.45) is 0 Å². The minimum absolute atomic E-state index is 0.0354. The number of imide groups is 1. The van der Waals surface area contributed by atoms with Gasteiger partial charge in [-0.15, -0.1) is 0 Å². The predicted octanol–water partition coefficient (Wildman–Crippen LogP) is 3.99. The van der Waals surface area contributed by atoms with Crippen LogP contribution in [0.3, 0.4) is 0 Å². The molecule has 5 rings (SSSR count). The largest absolute Gasteiger partial charge is 0.495 e. The highest BCUT2D eigenvalue weighted by Gasteiger charge is 2.53. The van der Waals surface area contributed by atoms with E-state index in [9.17, 15) is 9.59 Å². The number of aromatic nitrogens is 1. The first kappa shape index (κ1) is 31.2. The number of aliphatic hydroxyl groups is 1. The van der Waals surface area contributed by atoms with E-state index in [1.807, 2.05) is 58.2 Å². The molecule has 0 saturated carbocycles. The quantitative estimate of drug-likeness (QED) is 0.455. The van der Waals surface area contributed by atoms with Gasteiger partial charge in [0.2, 0.25) is 0 Å². The SMILES string of the molecule is CC(C)(C)OC(=O)N1Cc2c(B3OC(C)(C)C(C)(C)O3)ccc(Nc3ccc(N4CCC(OCCO)CC4)cn3)c2C1=O. The molecule has 3 aliphatic heterocycles. The molecule has 3 aliphatic rings. The summed E-state index contributed by atoms with van der Waals surface area (Å²) in [4.78, 5) is 34.8. The van der Waals surface area contributed by atoms with Crippen LogP contribution in [0.15, 0.2) is 30.5 Å². The lowest BCUT2D eigenvalue weighted by Crippen LogP contribution is -2.41. The number of carbonyl (C=O) groups is 2. The number of carbonyl (C=O) groups excluding carboxylic acids is 2. The first-order valence-electron chi connectivity index (χ1n) is 15.0. The fraction of sp³-hybridized carbons (Fsp3) is 0.581. The fourth-order valence-corrected chi connectivity index (χ4v) is 5.49. The smallest absolute Gasteiger partial charge is 0.443 e. The normalized spacial score (nSPS) is 20.0. The van der Waals surface area contributed by atoms with E-state index >= 15 is 0 Å². The summed E-state index contributed by atoms with van der Waals surface area (Å²) >= 11 is 0. The second kappa shape index (κ2) is 11.7. The Kier molecular flexibility index (Phi) is 8.52. The van der Waals surface area contributed by atoms with Crippen molar-refractivity contribution in [2.45, 2.75) is 90.8 Å². The Bertz CT molecular complexity index is 1340. The molecule has 4 heterocycles. The van der Waals surface area contributed by atoms with Crippen LogP contribution in [0.4, 0.5) is 22.0 Å². The van der Waals surface area contributed by atoms with Crippen LogP contribution in [0.2, 0.25) is 0 Å². The molecule has 12 heteroatoms. The van der Waals surface area contributed by atoms with Gasteiger partial charge in [-0.2, -0.15) is 0 Å². The van der Waals surface area contributed by atoms with Crippen LogP contribution in [0.25, 0.3) is 0 Å². The standard InChI is InChI=1S/C31H43BN4O7/c1-29(2,3)41-28(39)36-19-22-23(32-42-30(4,5)31(6,7)43-32)9-10-24(26(22)27(36)38)34-25-11-8-20(18-33-25)35-14-12-21(13-15-35)40-17-16-37/h8-11,18,21,37H,12-17,19H2,1-7H3,(H,33,34). The van der Waals surface area contributed by atoms with E-state index in [0.29, 0.717) is 34.7 Å². The van der Waals surface area contributed by atoms with Gasteiger partial charge in [-0.1, -0.05) is 6.07 Å². The van der Waals surface area contributed by atoms with Gasteiger partial charge in [-0.05, 0) is 90.5 Å². The number of hydrogen-bond acceptors (Lipinski definition) is 10. The van der Waals surface area contributed by atoms with Crippen molar-refractivity contribution >= 4 is 41.8 Å². The number of pyridine rings is 1. The van der Waals surface area contributed by atoms with Crippen molar-refractivity contribution in [3.63, 3.8) is 0 Å². The molecule has 2 amide bonds. The summed E-state index contributed by atoms with van der Waals surface area (Å²) in [6, 6.07) is 7.57. The van der Waals surface area contributed by atoms with Gasteiger partial charge in [0.25, 0.3) is 5.91 Å². The van der Waals surface area contributed by atoms with Crippen LogP contribution in [0.1, 0.15) is 77.2 Å². The molecule has 0 aliphatic carbocycles. The second-order valence-corrected chi connectivity index (χ2v) is 13.3. The van der Waals surface area contributed by atoms with Gasteiger partial charge < -0.3 is 34.1 Å². The molecule has 0 bridgehead atoms. The number of hydrogen-bond donors (Lipinski definition) is 2. The first-order valence-corrected chi connectivity index (χ1v) is 15.0. The van der Waals surface area contributed by atoms with Crippen LogP contribution >= 0.6 is 0 Å². The Morgan fingerprint density at radius 1 is 1.12 bits per heavy atom. The van der Waals surface area contributed by atoms with Crippen LogP contribution in [-0.4, -0.2) is 83.3 Å². The van der Waals surface area contributed by atoms with Crippen molar-refractivity contribution in [3.05, 3.63) is 41.6 Å². The fourth-order valence-electron chi connectivity index (χ4n) is 5.49. The predicted molar refractivity (Wildman–Crippen MR) is 164 cm³/mol. The Morgan fingerprint density at radius 2 is 1.79 bits per heavy atom. The highest BCUT2D eigenvalue weighted by atomic mass is 16.7. The Labute approximate surface area is 254 Å². The third-order valence-corrected chi connectivity index (χ3v) is 8.51. The number of nitrogens with zero attached hydrogens (tertiary/aromatic N) is 3. The lowest BCUT2D eigenvalue weighted by atomic mass is 9.74. The highest BCUT2D eigenvalue weighted by Crippen LogP contribution is 2.39. The van der Waals surface area contributed by atoms with Crippen LogP contribution in [0, 0.1) is 0 Å². The zero-order valence-electron chi connectivity index (χ0n) is 26.2. The Hall–Kier alpha value is -3.19. The number of anilines is 3. The maximum absolute atomic E-state index is 13.8. The summed E-state index contributed by atoms with van der Waals surface area (Å²) in [6.07, 6.45) is 3.05. The van der Waals surface area contributed by atoms with Gasteiger partial charge in [-0.3, -0.25) is 4.79 Å². The molecular weight excluding hydrogens is 551 g/mol. The van der Waals surface area contributed by atoms with Crippen molar-refractivity contribution < 1.29 is 33.5 Å². The summed E-state index contributed by atoms with van der Waals surface area (Å²) in [5.74, 6) is 0.118. The minimum Gasteiger partial charge on any atom is -0.443 e. The van der Waals surface area contributed by atoms with E-state index < -0.39 is 35.9 Å². The van der Waals surface area contributed by atoms with Gasteiger partial charge in [0.05, 0.1) is 60.2 Å². The van der Waals surface area contributed by atoms with Gasteiger partial charge in [0, 0.05) is 13.1 Å². The maximum atomic E-state index is 13.8. The number of fused-ring (bicyclic) bond motifs is 1. The molecular formula is C31H43BN4O7. The monoisotopic (exact) mass is 594 g/mol. The van der Waals surface area contributed by atoms with E-state index in [0.717, 1.165) is 36.5 Å². The van der Waals surface area contributed by atoms with Crippen molar-refractivity contribution in [3.8, 4) is 0 Å². The van der Waals surface area contributed by atoms with Crippen molar-refractivity contribution in [2.75, 3.05) is 36.5 Å². The topological polar surface area (TPSA) is 123 Å². The molecule has 0 spiro atoms. The third-order valence-electron chi connectivity index (χ3n) is 8.51. The molecule has 1 aromatic heterocycles. The summed E-state index contributed by atoms with van der Waals surface area (Å²) < 4.78 is 23.9. The lowest BCUT2D eigenvalue weighted by molar-refractivity contribution is 0.00578. The van der Waals surface area contributed by atoms with Gasteiger partial charge in [-0.25, -0.2) is 14.7 Å². The molecule has 2 saturated heterocycles. The van der Waals surface area contributed by atoms with E-state index in [1.54, 1.807) is 20.8 Å². The minimum atomic E-state index is -0.755. The van der Waals surface area contributed by atoms with Gasteiger partial charge in [0.15, 0.2) is 0 Å². The first-order chi connectivity index (χ1) is 20.2. The molecule has 232 valence electrons. The van der Waals surface area contributed by atoms with E-state index in [4.69, 9.17) is 23.9 Å². The lowest BCUT2D eigenvalue weighted by Gasteiger charge is -2.33. The maximum Gasteiger partial charge on any atom is 0.495 e. The van der Waals surface area contributed by atoms with E-state index in [2.05, 4.69) is 15.2 Å². The van der Waals surface area contributed by atoms with Crippen molar-refractivity contribution in [1.29, 1.82) is 0 Å². The highest BCUT2D eigenvalue weighted by molar-refractivity contribution is 6.63. The van der Waals surface area contributed by atoms with Crippen LogP contribution in [0.5, 0.6) is 0 Å². The van der Waals surface area contributed by atoms with E-state index in [1.165, 1.54) is 0 Å². The van der Waals surface area contributed by atoms with Crippen molar-refractivity contribution in [1.82, 2.24) is 9.88 Å². The number of benzene rings is 1. The molecule has 1 aromatic carbocycles. The summed E-state index contributed by atoms with van der Waals surface area (Å²) in [6.45, 7) is 15.3. The summed E-state index contributed by atoms with van der Waals surface area (Å²) in [5, 5.41) is 12.3. The zero-order chi connectivity index (χ0) is 31.2. The van der Waals surface area contributed by atoms with Gasteiger partial charge >= 0.3 is 13.2 Å². The molecule has 2 fully saturated rings. The number of rotatable bonds is 7. The number of piperidine rings is 1. The Morgan fingerprint density at radius 3 is 2.37 bits per heavy atom. The summed E-state index contributed by atoms with van der Waals surface area (Å²) in [5.41, 5.74) is 1.37. The Balaban J connectivity index is 1.39. The van der Waals surface area contributed by atoms with E-state index in [-0.39, 0.29) is 19.3 Å². The molecule has 0 unspecified atom stereocenters. The molecule has 11 nitrogen and oxygen atoms in total. The zero-order valence-corrected chi connectivity index (χ0v) is 26.2. The average molecular weight is 595 g/mol. The summed E-state index contributed by atoms with van der Waals surface area (Å²) in [7, 11) is -0.699. The van der Waals surface area contributed by atoms with Crippen LogP contribution < -0.4 is 15.7 Å².